The van der Waals surface area contributed by atoms with Crippen molar-refractivity contribution in [2.75, 3.05) is 82.3 Å². The van der Waals surface area contributed by atoms with Crippen molar-refractivity contribution in [1.82, 2.24) is 19.9 Å². The molecule has 1 saturated carbocycles. The van der Waals surface area contributed by atoms with Crippen molar-refractivity contribution in [3.8, 4) is 5.75 Å². The van der Waals surface area contributed by atoms with E-state index in [2.05, 4.69) is 88.5 Å². The first kappa shape index (κ1) is 42.0. The van der Waals surface area contributed by atoms with Gasteiger partial charge in [0.05, 0.1) is 46.8 Å². The van der Waals surface area contributed by atoms with Crippen LogP contribution in [0.3, 0.4) is 0 Å². The quantitative estimate of drug-likeness (QED) is 0.0928. The lowest BCUT2D eigenvalue weighted by atomic mass is 10.0. The molecule has 6 heterocycles. The van der Waals surface area contributed by atoms with Gasteiger partial charge < -0.3 is 40.7 Å². The van der Waals surface area contributed by atoms with Crippen molar-refractivity contribution in [3.63, 3.8) is 0 Å². The second-order valence-corrected chi connectivity index (χ2v) is 17.8. The van der Waals surface area contributed by atoms with Crippen LogP contribution in [0.15, 0.2) is 122 Å². The van der Waals surface area contributed by atoms with Gasteiger partial charge in [0, 0.05) is 124 Å². The van der Waals surface area contributed by atoms with Gasteiger partial charge in [-0.2, -0.15) is 0 Å². The second-order valence-electron chi connectivity index (χ2n) is 17.8. The molecular weight excluding hydrogens is 839 g/mol. The standard InChI is InChI=1S/C53H53N11O3/c1-33(65)63-21-16-35-7-6-10-46(52(35)63)57-38-13-18-56-51(29-38)60-45-12-11-40(31-49(45)67-3)61-23-25-62(26-24-61)48-32-42(48)37-27-36-17-22-64(34(2)66)53(36)47(28-37)58-39-14-19-55-50(30-39)59-44-15-20-54-43-9-5-4-8-41(43)44/h4-15,18-20,27-31,42,48H,16-17,21-26,32H2,1-3H3,(H2,56,57,60)(H2,54,55,58,59). The zero-order valence-corrected chi connectivity index (χ0v) is 37.9. The minimum atomic E-state index is 0.0415. The number of benzene rings is 4. The van der Waals surface area contributed by atoms with Crippen LogP contribution in [-0.2, 0) is 22.4 Å². The number of nitrogens with one attached hydrogen (secondary N) is 4. The number of rotatable bonds is 12. The lowest BCUT2D eigenvalue weighted by molar-refractivity contribution is -0.117. The monoisotopic (exact) mass is 891 g/mol. The largest absolute Gasteiger partial charge is 0.494 e. The zero-order chi connectivity index (χ0) is 45.6. The van der Waals surface area contributed by atoms with Crippen LogP contribution in [-0.4, -0.2) is 84.1 Å². The lowest BCUT2D eigenvalue weighted by Gasteiger charge is -2.36. The Morgan fingerprint density at radius 2 is 1.27 bits per heavy atom. The molecule has 7 aromatic rings. The van der Waals surface area contributed by atoms with E-state index in [1.54, 1.807) is 39.5 Å². The fourth-order valence-corrected chi connectivity index (χ4v) is 10.2. The van der Waals surface area contributed by atoms with Crippen LogP contribution in [0.5, 0.6) is 5.75 Å². The fraction of sp³-hybridized carbons (Fsp3) is 0.264. The number of fused-ring (bicyclic) bond motifs is 3. The molecule has 14 heteroatoms. The molecule has 3 aromatic heterocycles. The van der Waals surface area contributed by atoms with Gasteiger partial charge in [0.2, 0.25) is 11.8 Å². The van der Waals surface area contributed by atoms with E-state index in [-0.39, 0.29) is 11.8 Å². The van der Waals surface area contributed by atoms with Crippen LogP contribution >= 0.6 is 0 Å². The van der Waals surface area contributed by atoms with E-state index in [0.29, 0.717) is 36.7 Å². The number of pyridine rings is 3. The number of hydrogen-bond acceptors (Lipinski definition) is 12. The molecule has 2 unspecified atom stereocenters. The Morgan fingerprint density at radius 1 is 0.597 bits per heavy atom. The van der Waals surface area contributed by atoms with Crippen molar-refractivity contribution in [2.24, 2.45) is 0 Å². The molecule has 4 aromatic carbocycles. The highest BCUT2D eigenvalue weighted by atomic mass is 16.5. The van der Waals surface area contributed by atoms with Gasteiger partial charge in [-0.25, -0.2) is 9.97 Å². The average molecular weight is 892 g/mol. The maximum Gasteiger partial charge on any atom is 0.223 e. The molecule has 11 rings (SSSR count). The van der Waals surface area contributed by atoms with Crippen LogP contribution in [0.25, 0.3) is 10.9 Å². The highest BCUT2D eigenvalue weighted by molar-refractivity contribution is 6.00. The van der Waals surface area contributed by atoms with Gasteiger partial charge in [-0.05, 0) is 84.5 Å². The summed E-state index contributed by atoms with van der Waals surface area (Å²) in [5.41, 5.74) is 13.0. The molecule has 0 bridgehead atoms. The number of anilines is 11. The van der Waals surface area contributed by atoms with Crippen molar-refractivity contribution in [1.29, 1.82) is 0 Å². The Labute approximate surface area is 390 Å². The summed E-state index contributed by atoms with van der Waals surface area (Å²) in [6, 6.07) is 35.4. The average Bonchev–Trinajstić information content (AvgIpc) is 3.81. The number of ether oxygens (including phenoxy) is 1. The first-order valence-electron chi connectivity index (χ1n) is 23.1. The van der Waals surface area contributed by atoms with Gasteiger partial charge in [0.25, 0.3) is 0 Å². The van der Waals surface area contributed by atoms with Gasteiger partial charge in [0.1, 0.15) is 17.4 Å². The number of methoxy groups -OCH3 is 1. The van der Waals surface area contributed by atoms with Crippen molar-refractivity contribution in [3.05, 3.63) is 138 Å². The SMILES string of the molecule is COc1cc(N2CCN(C3CC3c3cc4c(c(Nc5ccnc(Nc6ccnc7ccccc67)c5)c3)N(C(C)=O)CC4)CC2)ccc1Nc1cc(Nc2cccc3c2N(C(C)=O)CC3)ccn1. The van der Waals surface area contributed by atoms with E-state index in [9.17, 15) is 9.59 Å². The molecule has 3 aliphatic heterocycles. The number of para-hydroxylation sites is 2. The summed E-state index contributed by atoms with van der Waals surface area (Å²) in [7, 11) is 1.70. The molecule has 0 radical (unpaired) electrons. The summed E-state index contributed by atoms with van der Waals surface area (Å²) < 4.78 is 5.92. The number of hydrogen-bond donors (Lipinski definition) is 4. The van der Waals surface area contributed by atoms with Crippen molar-refractivity contribution < 1.29 is 14.3 Å². The highest BCUT2D eigenvalue weighted by Gasteiger charge is 2.44. The summed E-state index contributed by atoms with van der Waals surface area (Å²) >= 11 is 0. The predicted octanol–water partition coefficient (Wildman–Crippen LogP) is 9.50. The van der Waals surface area contributed by atoms with E-state index in [4.69, 9.17) is 4.74 Å². The Balaban J connectivity index is 0.746. The smallest absolute Gasteiger partial charge is 0.223 e. The third kappa shape index (κ3) is 8.40. The molecule has 0 spiro atoms. The summed E-state index contributed by atoms with van der Waals surface area (Å²) in [6.45, 7) is 8.40. The third-order valence-corrected chi connectivity index (χ3v) is 13.6. The van der Waals surface area contributed by atoms with Crippen LogP contribution in [0.1, 0.15) is 42.9 Å². The first-order chi connectivity index (χ1) is 32.8. The molecule has 4 N–H and O–H groups in total. The summed E-state index contributed by atoms with van der Waals surface area (Å²) in [5, 5.41) is 15.2. The van der Waals surface area contributed by atoms with Crippen LogP contribution in [0, 0.1) is 0 Å². The Hall–Kier alpha value is -7.71. The molecule has 338 valence electrons. The predicted molar refractivity (Wildman–Crippen MR) is 268 cm³/mol. The van der Waals surface area contributed by atoms with Gasteiger partial charge in [-0.15, -0.1) is 0 Å². The van der Waals surface area contributed by atoms with E-state index < -0.39 is 0 Å². The number of nitrogens with zero attached hydrogens (tertiary/aromatic N) is 7. The molecule has 67 heavy (non-hydrogen) atoms. The van der Waals surface area contributed by atoms with Gasteiger partial charge in [0.15, 0.2) is 0 Å². The number of carbonyl (C=O) groups is 2. The topological polar surface area (TPSA) is 143 Å². The normalized spacial score (nSPS) is 17.5. The van der Waals surface area contributed by atoms with Crippen molar-refractivity contribution >= 4 is 85.5 Å². The van der Waals surface area contributed by atoms with Crippen LogP contribution in [0.2, 0.25) is 0 Å². The molecular formula is C53H53N11O3. The van der Waals surface area contributed by atoms with Gasteiger partial charge >= 0.3 is 0 Å². The molecule has 2 fully saturated rings. The summed E-state index contributed by atoms with van der Waals surface area (Å²) in [5.74, 6) is 2.65. The molecule has 1 saturated heterocycles. The second kappa shape index (κ2) is 17.6. The number of aromatic nitrogens is 3. The van der Waals surface area contributed by atoms with Gasteiger partial charge in [-0.3, -0.25) is 19.5 Å². The number of piperazine rings is 1. The van der Waals surface area contributed by atoms with Crippen LogP contribution < -0.4 is 40.7 Å². The Kier molecular flexibility index (Phi) is 11.0. The Bertz CT molecular complexity index is 3040. The van der Waals surface area contributed by atoms with E-state index in [1.165, 1.54) is 16.7 Å². The fourth-order valence-electron chi connectivity index (χ4n) is 10.2. The number of amides is 2. The summed E-state index contributed by atoms with van der Waals surface area (Å²) in [4.78, 5) is 47.8. The van der Waals surface area contributed by atoms with Crippen LogP contribution in [0.4, 0.5) is 62.8 Å². The zero-order valence-electron chi connectivity index (χ0n) is 37.9. The number of carbonyl (C=O) groups excluding carboxylic acids is 2. The molecule has 2 atom stereocenters. The maximum absolute atomic E-state index is 12.9. The van der Waals surface area contributed by atoms with E-state index in [1.807, 2.05) is 70.5 Å². The molecule has 2 amide bonds. The lowest BCUT2D eigenvalue weighted by Crippen LogP contribution is -2.47. The van der Waals surface area contributed by atoms with Gasteiger partial charge in [-0.1, -0.05) is 36.4 Å². The summed E-state index contributed by atoms with van der Waals surface area (Å²) in [6.07, 6.45) is 8.17. The highest BCUT2D eigenvalue weighted by Crippen LogP contribution is 2.49. The minimum absolute atomic E-state index is 0.0415. The molecule has 4 aliphatic rings. The first-order valence-corrected chi connectivity index (χ1v) is 23.1. The molecule has 1 aliphatic carbocycles. The molecule has 14 nitrogen and oxygen atoms in total. The van der Waals surface area contributed by atoms with E-state index in [0.717, 1.165) is 113 Å². The maximum atomic E-state index is 12.9. The van der Waals surface area contributed by atoms with E-state index >= 15 is 0 Å². The minimum Gasteiger partial charge on any atom is -0.494 e. The Morgan fingerprint density at radius 3 is 2.00 bits per heavy atom. The third-order valence-electron chi connectivity index (χ3n) is 13.6. The van der Waals surface area contributed by atoms with Crippen molar-refractivity contribution in [2.45, 2.75) is 45.1 Å².